The Hall–Kier alpha value is -3.11. The van der Waals surface area contributed by atoms with Crippen LogP contribution in [0.15, 0.2) is 71.5 Å². The largest absolute Gasteiger partial charge is 0.493 e. The van der Waals surface area contributed by atoms with Crippen LogP contribution in [-0.4, -0.2) is 16.2 Å². The lowest BCUT2D eigenvalue weighted by Gasteiger charge is -2.20. The number of fused-ring (bicyclic) bond motifs is 1. The van der Waals surface area contributed by atoms with Gasteiger partial charge in [-0.05, 0) is 78.6 Å². The first kappa shape index (κ1) is 26.0. The van der Waals surface area contributed by atoms with Gasteiger partial charge in [-0.2, -0.15) is 0 Å². The molecule has 4 aromatic rings. The Morgan fingerprint density at radius 2 is 1.50 bits per heavy atom. The van der Waals surface area contributed by atoms with Crippen molar-refractivity contribution in [3.05, 3.63) is 93.2 Å². The minimum atomic E-state index is -0.00534. The molecule has 0 aliphatic carbocycles. The Bertz CT molecular complexity index is 1350. The average molecular weight is 503 g/mol. The van der Waals surface area contributed by atoms with Crippen molar-refractivity contribution in [3.8, 4) is 17.1 Å². The van der Waals surface area contributed by atoms with E-state index in [4.69, 9.17) is 21.3 Å². The summed E-state index contributed by atoms with van der Waals surface area (Å²) in [6.07, 6.45) is 2.75. The molecule has 0 aliphatic rings. The fourth-order valence-corrected chi connectivity index (χ4v) is 4.69. The second-order valence-corrected chi connectivity index (χ2v) is 10.3. The summed E-state index contributed by atoms with van der Waals surface area (Å²) in [5.74, 6) is 2.55. The summed E-state index contributed by atoms with van der Waals surface area (Å²) in [5.41, 5.74) is 4.12. The monoisotopic (exact) mass is 502 g/mol. The molecule has 0 bridgehead atoms. The van der Waals surface area contributed by atoms with Gasteiger partial charge in [0.15, 0.2) is 0 Å². The molecule has 0 saturated heterocycles. The van der Waals surface area contributed by atoms with Gasteiger partial charge in [0.05, 0.1) is 17.5 Å². The fourth-order valence-electron chi connectivity index (χ4n) is 4.57. The van der Waals surface area contributed by atoms with Gasteiger partial charge in [-0.1, -0.05) is 69.6 Å². The van der Waals surface area contributed by atoms with E-state index in [1.54, 1.807) is 4.57 Å². The molecule has 1 heterocycles. The number of rotatable bonds is 10. The Balaban J connectivity index is 1.46. The Labute approximate surface area is 218 Å². The van der Waals surface area contributed by atoms with Gasteiger partial charge in [0.25, 0.3) is 5.56 Å². The van der Waals surface area contributed by atoms with Gasteiger partial charge in [0.2, 0.25) is 0 Å². The second-order valence-electron chi connectivity index (χ2n) is 9.90. The lowest BCUT2D eigenvalue weighted by Crippen LogP contribution is -2.23. The standard InChI is InChI=1S/C31H35ClN2O2/c1-21(2)25-12-10-13-26(22(3)4)29(25)36-20-9-5-8-19-34-30(23-15-17-24(32)18-16-23)33-28-14-7-6-11-27(28)31(34)35/h6-7,10-18,21-22H,5,8-9,19-20H2,1-4H3. The number of hydrogen-bond donors (Lipinski definition) is 0. The maximum Gasteiger partial charge on any atom is 0.261 e. The van der Waals surface area contributed by atoms with E-state index in [9.17, 15) is 4.79 Å². The number of nitrogens with zero attached hydrogens (tertiary/aromatic N) is 2. The number of benzene rings is 3. The summed E-state index contributed by atoms with van der Waals surface area (Å²) >= 11 is 6.09. The van der Waals surface area contributed by atoms with Crippen molar-refractivity contribution in [2.45, 2.75) is 65.3 Å². The number of aromatic nitrogens is 2. The zero-order valence-corrected chi connectivity index (χ0v) is 22.4. The van der Waals surface area contributed by atoms with Crippen molar-refractivity contribution in [2.24, 2.45) is 0 Å². The third-order valence-electron chi connectivity index (χ3n) is 6.56. The zero-order valence-electron chi connectivity index (χ0n) is 21.6. The highest BCUT2D eigenvalue weighted by Gasteiger charge is 2.15. The fraction of sp³-hybridized carbons (Fsp3) is 0.355. The van der Waals surface area contributed by atoms with Crippen molar-refractivity contribution in [1.82, 2.24) is 9.55 Å². The lowest BCUT2D eigenvalue weighted by molar-refractivity contribution is 0.296. The van der Waals surface area contributed by atoms with Gasteiger partial charge in [0.1, 0.15) is 11.6 Å². The highest BCUT2D eigenvalue weighted by Crippen LogP contribution is 2.34. The molecule has 0 saturated carbocycles. The molecule has 0 amide bonds. The first-order chi connectivity index (χ1) is 17.4. The summed E-state index contributed by atoms with van der Waals surface area (Å²) in [5, 5.41) is 1.30. The Morgan fingerprint density at radius 1 is 0.833 bits per heavy atom. The maximum absolute atomic E-state index is 13.4. The normalized spacial score (nSPS) is 11.5. The highest BCUT2D eigenvalue weighted by atomic mass is 35.5. The van der Waals surface area contributed by atoms with E-state index in [0.29, 0.717) is 46.7 Å². The minimum absolute atomic E-state index is 0.00534. The number of unbranched alkanes of at least 4 members (excludes halogenated alkanes) is 2. The topological polar surface area (TPSA) is 44.1 Å². The summed E-state index contributed by atoms with van der Waals surface area (Å²) < 4.78 is 8.14. The van der Waals surface area contributed by atoms with E-state index in [-0.39, 0.29) is 5.56 Å². The molecule has 36 heavy (non-hydrogen) atoms. The predicted molar refractivity (Wildman–Crippen MR) is 150 cm³/mol. The van der Waals surface area contributed by atoms with Crippen LogP contribution in [0.4, 0.5) is 0 Å². The summed E-state index contributed by atoms with van der Waals surface area (Å²) in [6.45, 7) is 10.1. The summed E-state index contributed by atoms with van der Waals surface area (Å²) in [4.78, 5) is 18.2. The second kappa shape index (κ2) is 11.7. The minimum Gasteiger partial charge on any atom is -0.493 e. The van der Waals surface area contributed by atoms with Crippen molar-refractivity contribution < 1.29 is 4.74 Å². The molecule has 5 heteroatoms. The van der Waals surface area contributed by atoms with E-state index in [2.05, 4.69) is 45.9 Å². The molecule has 0 radical (unpaired) electrons. The molecule has 188 valence electrons. The molecule has 3 aromatic carbocycles. The number of halogens is 1. The zero-order chi connectivity index (χ0) is 25.7. The summed E-state index contributed by atoms with van der Waals surface area (Å²) in [7, 11) is 0. The smallest absolute Gasteiger partial charge is 0.261 e. The average Bonchev–Trinajstić information content (AvgIpc) is 2.87. The first-order valence-electron chi connectivity index (χ1n) is 12.9. The molecule has 0 atom stereocenters. The van der Waals surface area contributed by atoms with Crippen LogP contribution in [0.1, 0.15) is 69.9 Å². The maximum atomic E-state index is 13.4. The molecule has 0 aliphatic heterocycles. The van der Waals surface area contributed by atoms with E-state index >= 15 is 0 Å². The third-order valence-corrected chi connectivity index (χ3v) is 6.81. The molecule has 4 rings (SSSR count). The molecule has 0 N–H and O–H groups in total. The molecule has 0 unspecified atom stereocenters. The Kier molecular flexibility index (Phi) is 8.48. The van der Waals surface area contributed by atoms with E-state index in [0.717, 1.165) is 30.6 Å². The van der Waals surface area contributed by atoms with Gasteiger partial charge in [0, 0.05) is 17.1 Å². The van der Waals surface area contributed by atoms with Crippen LogP contribution in [-0.2, 0) is 6.54 Å². The molecular formula is C31H35ClN2O2. The molecular weight excluding hydrogens is 468 g/mol. The van der Waals surface area contributed by atoms with Gasteiger partial charge in [-0.25, -0.2) is 4.98 Å². The summed E-state index contributed by atoms with van der Waals surface area (Å²) in [6, 6.07) is 21.5. The van der Waals surface area contributed by atoms with Crippen LogP contribution in [0.5, 0.6) is 5.75 Å². The third kappa shape index (κ3) is 5.82. The van der Waals surface area contributed by atoms with Crippen LogP contribution >= 0.6 is 11.6 Å². The van der Waals surface area contributed by atoms with E-state index in [1.807, 2.05) is 48.5 Å². The van der Waals surface area contributed by atoms with Crippen molar-refractivity contribution in [3.63, 3.8) is 0 Å². The van der Waals surface area contributed by atoms with Gasteiger partial charge in [-0.3, -0.25) is 9.36 Å². The van der Waals surface area contributed by atoms with E-state index in [1.165, 1.54) is 11.1 Å². The van der Waals surface area contributed by atoms with Crippen molar-refractivity contribution >= 4 is 22.5 Å². The number of para-hydroxylation sites is 2. The SMILES string of the molecule is CC(C)c1cccc(C(C)C)c1OCCCCCn1c(-c2ccc(Cl)cc2)nc2ccccc2c1=O. The van der Waals surface area contributed by atoms with Crippen LogP contribution < -0.4 is 10.3 Å². The molecule has 1 aromatic heterocycles. The predicted octanol–water partition coefficient (Wildman–Crippen LogP) is 8.21. The lowest BCUT2D eigenvalue weighted by atomic mass is 9.94. The van der Waals surface area contributed by atoms with E-state index < -0.39 is 0 Å². The van der Waals surface area contributed by atoms with Gasteiger partial charge >= 0.3 is 0 Å². The van der Waals surface area contributed by atoms with Crippen molar-refractivity contribution in [1.29, 1.82) is 0 Å². The van der Waals surface area contributed by atoms with Gasteiger partial charge < -0.3 is 4.74 Å². The molecule has 0 spiro atoms. The van der Waals surface area contributed by atoms with Crippen LogP contribution in [0, 0.1) is 0 Å². The molecule has 0 fully saturated rings. The number of ether oxygens (including phenoxy) is 1. The highest BCUT2D eigenvalue weighted by molar-refractivity contribution is 6.30. The van der Waals surface area contributed by atoms with Crippen molar-refractivity contribution in [2.75, 3.05) is 6.61 Å². The first-order valence-corrected chi connectivity index (χ1v) is 13.3. The van der Waals surface area contributed by atoms with Crippen LogP contribution in [0.2, 0.25) is 5.02 Å². The Morgan fingerprint density at radius 3 is 2.17 bits per heavy atom. The number of hydrogen-bond acceptors (Lipinski definition) is 3. The van der Waals surface area contributed by atoms with Crippen LogP contribution in [0.3, 0.4) is 0 Å². The quantitative estimate of drug-likeness (QED) is 0.205. The van der Waals surface area contributed by atoms with Gasteiger partial charge in [-0.15, -0.1) is 0 Å². The molecule has 4 nitrogen and oxygen atoms in total. The van der Waals surface area contributed by atoms with Crippen LogP contribution in [0.25, 0.3) is 22.3 Å².